The SMILES string of the molecule is COc1ccc(S[C@H](C)C(=O)Nc2ccccc2C(=O)N2CCCCC2)cc1. The van der Waals surface area contributed by atoms with Crippen LogP contribution in [-0.4, -0.2) is 42.2 Å². The average Bonchev–Trinajstić information content (AvgIpc) is 2.74. The van der Waals surface area contributed by atoms with Crippen LogP contribution < -0.4 is 10.1 Å². The Hall–Kier alpha value is -2.47. The van der Waals surface area contributed by atoms with Crippen LogP contribution in [-0.2, 0) is 4.79 Å². The third-order valence-corrected chi connectivity index (χ3v) is 5.91. The summed E-state index contributed by atoms with van der Waals surface area (Å²) in [7, 11) is 1.63. The number of ether oxygens (including phenoxy) is 1. The van der Waals surface area contributed by atoms with Crippen molar-refractivity contribution in [1.29, 1.82) is 0 Å². The van der Waals surface area contributed by atoms with Crippen molar-refractivity contribution in [3.8, 4) is 5.75 Å². The van der Waals surface area contributed by atoms with Gasteiger partial charge in [0, 0.05) is 18.0 Å². The number of likely N-dealkylation sites (tertiary alicyclic amines) is 1. The molecule has 1 N–H and O–H groups in total. The number of nitrogens with zero attached hydrogens (tertiary/aromatic N) is 1. The molecule has 5 nitrogen and oxygen atoms in total. The number of anilines is 1. The van der Waals surface area contributed by atoms with Crippen molar-refractivity contribution in [2.45, 2.75) is 36.3 Å². The minimum atomic E-state index is -0.300. The molecule has 1 atom stereocenters. The second-order valence-corrected chi connectivity index (χ2v) is 8.24. The number of hydrogen-bond donors (Lipinski definition) is 1. The first-order valence-electron chi connectivity index (χ1n) is 9.58. The van der Waals surface area contributed by atoms with Crippen LogP contribution in [0.1, 0.15) is 36.5 Å². The summed E-state index contributed by atoms with van der Waals surface area (Å²) >= 11 is 1.47. The maximum Gasteiger partial charge on any atom is 0.255 e. The number of piperidine rings is 1. The van der Waals surface area contributed by atoms with Gasteiger partial charge in [0.1, 0.15) is 5.75 Å². The lowest BCUT2D eigenvalue weighted by Crippen LogP contribution is -2.36. The van der Waals surface area contributed by atoms with Gasteiger partial charge in [-0.15, -0.1) is 11.8 Å². The van der Waals surface area contributed by atoms with Gasteiger partial charge in [-0.1, -0.05) is 12.1 Å². The van der Waals surface area contributed by atoms with Gasteiger partial charge in [-0.3, -0.25) is 9.59 Å². The maximum absolute atomic E-state index is 12.9. The van der Waals surface area contributed by atoms with E-state index in [9.17, 15) is 9.59 Å². The summed E-state index contributed by atoms with van der Waals surface area (Å²) in [4.78, 5) is 28.5. The number of rotatable bonds is 6. The van der Waals surface area contributed by atoms with Crippen LogP contribution in [0.4, 0.5) is 5.69 Å². The predicted molar refractivity (Wildman–Crippen MR) is 113 cm³/mol. The Balaban J connectivity index is 1.66. The quantitative estimate of drug-likeness (QED) is 0.731. The molecule has 1 fully saturated rings. The van der Waals surface area contributed by atoms with Crippen LogP contribution in [0, 0.1) is 0 Å². The lowest BCUT2D eigenvalue weighted by Gasteiger charge is -2.27. The van der Waals surface area contributed by atoms with E-state index in [4.69, 9.17) is 4.74 Å². The second-order valence-electron chi connectivity index (χ2n) is 6.82. The summed E-state index contributed by atoms with van der Waals surface area (Å²) < 4.78 is 5.16. The number of amides is 2. The zero-order chi connectivity index (χ0) is 19.9. The number of methoxy groups -OCH3 is 1. The van der Waals surface area contributed by atoms with Gasteiger partial charge in [0.05, 0.1) is 23.6 Å². The van der Waals surface area contributed by atoms with E-state index in [1.54, 1.807) is 19.2 Å². The molecule has 0 radical (unpaired) electrons. The van der Waals surface area contributed by atoms with Gasteiger partial charge >= 0.3 is 0 Å². The summed E-state index contributed by atoms with van der Waals surface area (Å²) in [6.07, 6.45) is 3.24. The Labute approximate surface area is 170 Å². The smallest absolute Gasteiger partial charge is 0.255 e. The van der Waals surface area contributed by atoms with Gasteiger partial charge in [0.15, 0.2) is 0 Å². The molecule has 0 unspecified atom stereocenters. The molecule has 2 aromatic carbocycles. The van der Waals surface area contributed by atoms with Crippen LogP contribution in [0.15, 0.2) is 53.4 Å². The predicted octanol–water partition coefficient (Wildman–Crippen LogP) is 4.44. The standard InChI is InChI=1S/C22H26N2O3S/c1-16(28-18-12-10-17(27-2)11-13-18)21(25)23-20-9-5-4-8-19(20)22(26)24-14-6-3-7-15-24/h4-5,8-13,16H,3,6-7,14-15H2,1-2H3,(H,23,25)/t16-/m1/s1. The molecule has 2 amide bonds. The van der Waals surface area contributed by atoms with E-state index in [-0.39, 0.29) is 17.1 Å². The van der Waals surface area contributed by atoms with E-state index >= 15 is 0 Å². The van der Waals surface area contributed by atoms with Crippen LogP contribution >= 0.6 is 11.8 Å². The van der Waals surface area contributed by atoms with Crippen LogP contribution in [0.2, 0.25) is 0 Å². The Morgan fingerprint density at radius 2 is 1.71 bits per heavy atom. The van der Waals surface area contributed by atoms with E-state index in [0.29, 0.717) is 11.3 Å². The van der Waals surface area contributed by atoms with E-state index < -0.39 is 0 Å². The molecule has 6 heteroatoms. The lowest BCUT2D eigenvalue weighted by molar-refractivity contribution is -0.115. The molecule has 0 aliphatic carbocycles. The number of thioether (sulfide) groups is 1. The molecular formula is C22H26N2O3S. The van der Waals surface area contributed by atoms with Crippen molar-refractivity contribution >= 4 is 29.3 Å². The van der Waals surface area contributed by atoms with Gasteiger partial charge in [-0.2, -0.15) is 0 Å². The fourth-order valence-electron chi connectivity index (χ4n) is 3.19. The number of hydrogen-bond acceptors (Lipinski definition) is 4. The molecule has 0 bridgehead atoms. The molecule has 3 rings (SSSR count). The Bertz CT molecular complexity index is 817. The molecule has 0 saturated carbocycles. The zero-order valence-electron chi connectivity index (χ0n) is 16.3. The summed E-state index contributed by atoms with van der Waals surface area (Å²) in [6, 6.07) is 14.9. The summed E-state index contributed by atoms with van der Waals surface area (Å²) in [5.74, 6) is 0.650. The number of benzene rings is 2. The highest BCUT2D eigenvalue weighted by molar-refractivity contribution is 8.00. The molecule has 0 spiro atoms. The van der Waals surface area contributed by atoms with Gasteiger partial charge in [-0.05, 0) is 62.6 Å². The summed E-state index contributed by atoms with van der Waals surface area (Å²) in [5.41, 5.74) is 1.13. The minimum Gasteiger partial charge on any atom is -0.497 e. The average molecular weight is 399 g/mol. The topological polar surface area (TPSA) is 58.6 Å². The molecule has 148 valence electrons. The fraction of sp³-hybridized carbons (Fsp3) is 0.364. The van der Waals surface area contributed by atoms with E-state index in [0.717, 1.165) is 36.6 Å². The molecule has 2 aromatic rings. The molecule has 1 aliphatic heterocycles. The van der Waals surface area contributed by atoms with Crippen LogP contribution in [0.3, 0.4) is 0 Å². The number of carbonyl (C=O) groups excluding carboxylic acids is 2. The molecular weight excluding hydrogens is 372 g/mol. The fourth-order valence-corrected chi connectivity index (χ4v) is 4.06. The van der Waals surface area contributed by atoms with Crippen LogP contribution in [0.5, 0.6) is 5.75 Å². The van der Waals surface area contributed by atoms with E-state index in [1.807, 2.05) is 48.2 Å². The summed E-state index contributed by atoms with van der Waals surface area (Å²) in [6.45, 7) is 3.43. The van der Waals surface area contributed by atoms with Gasteiger partial charge in [-0.25, -0.2) is 0 Å². The molecule has 1 heterocycles. The number of nitrogens with one attached hydrogen (secondary N) is 1. The maximum atomic E-state index is 12.9. The zero-order valence-corrected chi connectivity index (χ0v) is 17.1. The molecule has 28 heavy (non-hydrogen) atoms. The van der Waals surface area contributed by atoms with Gasteiger partial charge in [0.2, 0.25) is 5.91 Å². The third-order valence-electron chi connectivity index (χ3n) is 4.80. The first-order valence-corrected chi connectivity index (χ1v) is 10.5. The Kier molecular flexibility index (Phi) is 6.98. The van der Waals surface area contributed by atoms with Crippen molar-refractivity contribution in [2.75, 3.05) is 25.5 Å². The Morgan fingerprint density at radius 1 is 1.04 bits per heavy atom. The van der Waals surface area contributed by atoms with Crippen molar-refractivity contribution < 1.29 is 14.3 Å². The largest absolute Gasteiger partial charge is 0.497 e. The third kappa shape index (κ3) is 5.07. The van der Waals surface area contributed by atoms with Crippen molar-refractivity contribution in [2.24, 2.45) is 0 Å². The first kappa shape index (κ1) is 20.3. The molecule has 1 saturated heterocycles. The van der Waals surface area contributed by atoms with Crippen molar-refractivity contribution in [3.63, 3.8) is 0 Å². The van der Waals surface area contributed by atoms with Crippen LogP contribution in [0.25, 0.3) is 0 Å². The monoisotopic (exact) mass is 398 g/mol. The molecule has 0 aromatic heterocycles. The van der Waals surface area contributed by atoms with Crippen molar-refractivity contribution in [1.82, 2.24) is 4.90 Å². The normalized spacial score (nSPS) is 15.0. The van der Waals surface area contributed by atoms with Gasteiger partial charge < -0.3 is 15.0 Å². The first-order chi connectivity index (χ1) is 13.6. The number of para-hydroxylation sites is 1. The second kappa shape index (κ2) is 9.64. The lowest BCUT2D eigenvalue weighted by atomic mass is 10.1. The number of carbonyl (C=O) groups is 2. The highest BCUT2D eigenvalue weighted by atomic mass is 32.2. The summed E-state index contributed by atoms with van der Waals surface area (Å²) in [5, 5.41) is 2.64. The van der Waals surface area contributed by atoms with E-state index in [1.165, 1.54) is 18.2 Å². The Morgan fingerprint density at radius 3 is 2.39 bits per heavy atom. The van der Waals surface area contributed by atoms with Gasteiger partial charge in [0.25, 0.3) is 5.91 Å². The molecule has 1 aliphatic rings. The van der Waals surface area contributed by atoms with Crippen molar-refractivity contribution in [3.05, 3.63) is 54.1 Å². The highest BCUT2D eigenvalue weighted by Gasteiger charge is 2.22. The highest BCUT2D eigenvalue weighted by Crippen LogP contribution is 2.27. The minimum absolute atomic E-state index is 0.00828. The van der Waals surface area contributed by atoms with E-state index in [2.05, 4.69) is 5.32 Å².